The van der Waals surface area contributed by atoms with Gasteiger partial charge >= 0.3 is 0 Å². The standard InChI is InChI=1S/C23H36N4O3S/c1-16(2)27-23(28)22(15-21-7-5-12-26(21)27)18-13-19-8-9-20(14-18)25(19)11-6-10-24-31(29,30)17(3)4/h5,7,12,15-20,24H,6,8-11,13-14H2,1-4H3. The Hall–Kier alpha value is -1.64. The molecule has 0 amide bonds. The van der Waals surface area contributed by atoms with Gasteiger partial charge in [-0.15, -0.1) is 0 Å². The van der Waals surface area contributed by atoms with Gasteiger partial charge in [-0.05, 0) is 90.5 Å². The number of sulfonamides is 1. The zero-order chi connectivity index (χ0) is 22.3. The molecule has 7 nitrogen and oxygen atoms in total. The zero-order valence-corrected chi connectivity index (χ0v) is 19.9. The first kappa shape index (κ1) is 22.6. The second kappa shape index (κ2) is 8.71. The van der Waals surface area contributed by atoms with Gasteiger partial charge in [-0.2, -0.15) is 0 Å². The van der Waals surface area contributed by atoms with Gasteiger partial charge in [0, 0.05) is 36.4 Å². The minimum Gasteiger partial charge on any atom is -0.297 e. The van der Waals surface area contributed by atoms with E-state index in [-0.39, 0.29) is 11.6 Å². The van der Waals surface area contributed by atoms with E-state index in [1.165, 1.54) is 12.8 Å². The highest BCUT2D eigenvalue weighted by atomic mass is 32.2. The van der Waals surface area contributed by atoms with Crippen LogP contribution in [0.15, 0.2) is 29.2 Å². The molecule has 2 aromatic heterocycles. The van der Waals surface area contributed by atoms with Crippen LogP contribution in [0.5, 0.6) is 0 Å². The molecule has 0 spiro atoms. The van der Waals surface area contributed by atoms with Gasteiger partial charge < -0.3 is 0 Å². The van der Waals surface area contributed by atoms with E-state index in [0.29, 0.717) is 24.5 Å². The Morgan fingerprint density at radius 3 is 2.42 bits per heavy atom. The van der Waals surface area contributed by atoms with E-state index in [2.05, 4.69) is 35.6 Å². The van der Waals surface area contributed by atoms with Crippen molar-refractivity contribution in [3.05, 3.63) is 40.3 Å². The van der Waals surface area contributed by atoms with Crippen molar-refractivity contribution < 1.29 is 8.42 Å². The predicted molar refractivity (Wildman–Crippen MR) is 124 cm³/mol. The summed E-state index contributed by atoms with van der Waals surface area (Å²) in [6.45, 7) is 8.92. The lowest BCUT2D eigenvalue weighted by atomic mass is 9.85. The molecule has 0 radical (unpaired) electrons. The van der Waals surface area contributed by atoms with Crippen LogP contribution in [-0.2, 0) is 10.0 Å². The molecule has 2 aliphatic rings. The molecular weight excluding hydrogens is 412 g/mol. The van der Waals surface area contributed by atoms with Crippen LogP contribution >= 0.6 is 0 Å². The summed E-state index contributed by atoms with van der Waals surface area (Å²) in [6.07, 6.45) is 7.15. The maximum atomic E-state index is 13.4. The fraction of sp³-hybridized carbons (Fsp3) is 0.696. The third-order valence-corrected chi connectivity index (χ3v) is 8.93. The maximum Gasteiger partial charge on any atom is 0.269 e. The van der Waals surface area contributed by atoms with E-state index in [1.54, 1.807) is 13.8 Å². The van der Waals surface area contributed by atoms with Gasteiger partial charge in [0.2, 0.25) is 10.0 Å². The molecule has 2 aliphatic heterocycles. The lowest BCUT2D eigenvalue weighted by Crippen LogP contribution is -2.45. The van der Waals surface area contributed by atoms with E-state index < -0.39 is 15.3 Å². The van der Waals surface area contributed by atoms with E-state index in [9.17, 15) is 13.2 Å². The minimum absolute atomic E-state index is 0.105. The van der Waals surface area contributed by atoms with Crippen LogP contribution in [0, 0.1) is 0 Å². The van der Waals surface area contributed by atoms with E-state index >= 15 is 0 Å². The first-order valence-electron chi connectivity index (χ1n) is 11.7. The summed E-state index contributed by atoms with van der Waals surface area (Å²) in [4.78, 5) is 15.9. The van der Waals surface area contributed by atoms with Gasteiger partial charge in [-0.1, -0.05) is 0 Å². The molecule has 0 aromatic carbocycles. The molecule has 0 saturated carbocycles. The zero-order valence-electron chi connectivity index (χ0n) is 19.1. The molecule has 2 saturated heterocycles. The Morgan fingerprint density at radius 1 is 1.13 bits per heavy atom. The summed E-state index contributed by atoms with van der Waals surface area (Å²) in [6, 6.07) is 7.25. The van der Waals surface area contributed by atoms with Crippen LogP contribution in [0.3, 0.4) is 0 Å². The van der Waals surface area contributed by atoms with Gasteiger partial charge in [-0.3, -0.25) is 14.2 Å². The summed E-state index contributed by atoms with van der Waals surface area (Å²) >= 11 is 0. The molecule has 4 heterocycles. The molecule has 172 valence electrons. The van der Waals surface area contributed by atoms with Crippen molar-refractivity contribution in [3.8, 4) is 0 Å². The van der Waals surface area contributed by atoms with Gasteiger partial charge in [0.1, 0.15) is 0 Å². The van der Waals surface area contributed by atoms with Crippen LogP contribution < -0.4 is 10.3 Å². The van der Waals surface area contributed by atoms with Gasteiger partial charge in [0.15, 0.2) is 0 Å². The Balaban J connectivity index is 1.45. The molecule has 2 aromatic rings. The number of piperidine rings is 1. The number of rotatable bonds is 8. The quantitative estimate of drug-likeness (QED) is 0.630. The van der Waals surface area contributed by atoms with E-state index in [1.807, 2.05) is 21.5 Å². The number of aromatic nitrogens is 2. The van der Waals surface area contributed by atoms with Crippen molar-refractivity contribution in [1.82, 2.24) is 18.8 Å². The number of hydrogen-bond donors (Lipinski definition) is 1. The summed E-state index contributed by atoms with van der Waals surface area (Å²) in [7, 11) is -3.19. The fourth-order valence-electron chi connectivity index (χ4n) is 5.46. The number of hydrogen-bond acceptors (Lipinski definition) is 4. The Bertz CT molecular complexity index is 1070. The van der Waals surface area contributed by atoms with Crippen LogP contribution in [0.2, 0.25) is 0 Å². The molecule has 2 atom stereocenters. The van der Waals surface area contributed by atoms with Crippen molar-refractivity contribution in [2.45, 2.75) is 89.1 Å². The first-order valence-corrected chi connectivity index (χ1v) is 13.2. The largest absolute Gasteiger partial charge is 0.297 e. The second-order valence-electron chi connectivity index (χ2n) is 9.75. The summed E-state index contributed by atoms with van der Waals surface area (Å²) < 4.78 is 30.5. The third kappa shape index (κ3) is 4.34. The monoisotopic (exact) mass is 448 g/mol. The smallest absolute Gasteiger partial charge is 0.269 e. The Kier molecular flexibility index (Phi) is 6.34. The lowest BCUT2D eigenvalue weighted by molar-refractivity contribution is 0.125. The highest BCUT2D eigenvalue weighted by Gasteiger charge is 2.41. The molecule has 2 fully saturated rings. The first-order chi connectivity index (χ1) is 14.7. The van der Waals surface area contributed by atoms with Crippen molar-refractivity contribution in [2.75, 3.05) is 13.1 Å². The topological polar surface area (TPSA) is 75.8 Å². The molecule has 8 heteroatoms. The van der Waals surface area contributed by atoms with Crippen molar-refractivity contribution in [2.24, 2.45) is 0 Å². The number of nitrogens with one attached hydrogen (secondary N) is 1. The summed E-state index contributed by atoms with van der Waals surface area (Å²) in [5, 5.41) is -0.396. The highest BCUT2D eigenvalue weighted by Crippen LogP contribution is 2.42. The Labute approximate surface area is 185 Å². The fourth-order valence-corrected chi connectivity index (χ4v) is 6.22. The highest BCUT2D eigenvalue weighted by molar-refractivity contribution is 7.90. The second-order valence-corrected chi connectivity index (χ2v) is 12.1. The SMILES string of the molecule is CC(C)n1c(=O)c(C2CC3CCC(C2)N3CCCNS(=O)(=O)C(C)C)cc2cccn21. The molecule has 2 bridgehead atoms. The van der Waals surface area contributed by atoms with E-state index in [4.69, 9.17) is 0 Å². The summed E-state index contributed by atoms with van der Waals surface area (Å²) in [5.41, 5.74) is 2.18. The molecule has 1 N–H and O–H groups in total. The molecule has 2 unspecified atom stereocenters. The van der Waals surface area contributed by atoms with Gasteiger partial charge in [-0.25, -0.2) is 17.8 Å². The maximum absolute atomic E-state index is 13.4. The molecule has 31 heavy (non-hydrogen) atoms. The van der Waals surface area contributed by atoms with E-state index in [0.717, 1.165) is 36.9 Å². The van der Waals surface area contributed by atoms with Crippen LogP contribution in [0.1, 0.15) is 77.3 Å². The molecule has 0 aliphatic carbocycles. The van der Waals surface area contributed by atoms with Crippen molar-refractivity contribution >= 4 is 15.5 Å². The number of nitrogens with zero attached hydrogens (tertiary/aromatic N) is 3. The van der Waals surface area contributed by atoms with Crippen molar-refractivity contribution in [3.63, 3.8) is 0 Å². The Morgan fingerprint density at radius 2 is 1.81 bits per heavy atom. The minimum atomic E-state index is -3.19. The number of fused-ring (bicyclic) bond motifs is 3. The van der Waals surface area contributed by atoms with Gasteiger partial charge in [0.05, 0.1) is 10.8 Å². The third-order valence-electron chi connectivity index (χ3n) is 7.08. The van der Waals surface area contributed by atoms with Gasteiger partial charge in [0.25, 0.3) is 5.56 Å². The average molecular weight is 449 g/mol. The average Bonchev–Trinajstić information content (AvgIpc) is 3.25. The normalized spacial score (nSPS) is 24.6. The predicted octanol–water partition coefficient (Wildman–Crippen LogP) is 3.11. The van der Waals surface area contributed by atoms with Crippen LogP contribution in [0.4, 0.5) is 0 Å². The lowest BCUT2D eigenvalue weighted by Gasteiger charge is -2.39. The summed E-state index contributed by atoms with van der Waals surface area (Å²) in [5.74, 6) is 0.297. The van der Waals surface area contributed by atoms with Crippen LogP contribution in [0.25, 0.3) is 5.52 Å². The molecule has 4 rings (SSSR count). The van der Waals surface area contributed by atoms with Crippen molar-refractivity contribution in [1.29, 1.82) is 0 Å². The molecular formula is C23H36N4O3S. The van der Waals surface area contributed by atoms with Crippen LogP contribution in [-0.4, -0.2) is 52.9 Å².